The first kappa shape index (κ1) is 16.2. The van der Waals surface area contributed by atoms with Crippen molar-refractivity contribution in [2.45, 2.75) is 19.3 Å². The van der Waals surface area contributed by atoms with Crippen LogP contribution in [0.25, 0.3) is 0 Å². The van der Waals surface area contributed by atoms with E-state index >= 15 is 0 Å². The fourth-order valence-electron chi connectivity index (χ4n) is 1.52. The number of hydrogen-bond acceptors (Lipinski definition) is 3. The van der Waals surface area contributed by atoms with Crippen LogP contribution in [0, 0.1) is 11.3 Å². The number of carbonyl (C=O) groups excluding carboxylic acids is 1. The summed E-state index contributed by atoms with van der Waals surface area (Å²) in [4.78, 5) is 11.6. The molecule has 5 nitrogen and oxygen atoms in total. The highest BCUT2D eigenvalue weighted by Gasteiger charge is 2.19. The highest BCUT2D eigenvalue weighted by atomic mass is 32.2. The van der Waals surface area contributed by atoms with E-state index in [1.807, 2.05) is 26.0 Å². The van der Waals surface area contributed by atoms with Crippen LogP contribution in [0.2, 0.25) is 0 Å². The van der Waals surface area contributed by atoms with Gasteiger partial charge in [-0.05, 0) is 31.5 Å². The maximum Gasteiger partial charge on any atom is 0.319 e. The number of nitrogens with zero attached hydrogens (tertiary/aromatic N) is 1. The molecular formula is C14H19N3O2S. The minimum atomic E-state index is -0.916. The fourth-order valence-corrected chi connectivity index (χ4v) is 1.91. The third-order valence-corrected chi connectivity index (χ3v) is 3.60. The van der Waals surface area contributed by atoms with E-state index in [4.69, 9.17) is 5.26 Å². The second-order valence-electron chi connectivity index (χ2n) is 4.97. The first-order valence-corrected chi connectivity index (χ1v) is 7.94. The molecule has 1 aromatic rings. The number of anilines is 1. The van der Waals surface area contributed by atoms with Crippen molar-refractivity contribution >= 4 is 22.5 Å². The van der Waals surface area contributed by atoms with E-state index in [2.05, 4.69) is 16.7 Å². The smallest absolute Gasteiger partial charge is 0.319 e. The molecule has 108 valence electrons. The molecule has 20 heavy (non-hydrogen) atoms. The van der Waals surface area contributed by atoms with Crippen LogP contribution < -0.4 is 10.6 Å². The Bertz CT molecular complexity index is 532. The molecule has 0 saturated heterocycles. The molecule has 1 atom stereocenters. The minimum Gasteiger partial charge on any atom is -0.337 e. The van der Waals surface area contributed by atoms with Crippen LogP contribution >= 0.6 is 0 Å². The van der Waals surface area contributed by atoms with E-state index in [1.54, 1.807) is 18.4 Å². The highest BCUT2D eigenvalue weighted by molar-refractivity contribution is 7.84. The van der Waals surface area contributed by atoms with Crippen molar-refractivity contribution in [1.29, 1.82) is 5.26 Å². The van der Waals surface area contributed by atoms with Gasteiger partial charge in [-0.2, -0.15) is 5.26 Å². The maximum atomic E-state index is 11.6. The summed E-state index contributed by atoms with van der Waals surface area (Å²) in [6.45, 7) is 4.05. The molecule has 1 rings (SSSR count). The van der Waals surface area contributed by atoms with E-state index < -0.39 is 16.2 Å². The average Bonchev–Trinajstić information content (AvgIpc) is 2.39. The largest absolute Gasteiger partial charge is 0.337 e. The summed E-state index contributed by atoms with van der Waals surface area (Å²) < 4.78 is 10.9. The number of nitriles is 1. The van der Waals surface area contributed by atoms with Gasteiger partial charge in [-0.3, -0.25) is 4.21 Å². The molecule has 0 aliphatic heterocycles. The van der Waals surface area contributed by atoms with Gasteiger partial charge in [-0.25, -0.2) is 4.79 Å². The predicted molar refractivity (Wildman–Crippen MR) is 81.0 cm³/mol. The second kappa shape index (κ2) is 7.06. The van der Waals surface area contributed by atoms with Crippen LogP contribution in [-0.2, 0) is 16.2 Å². The Kier molecular flexibility index (Phi) is 5.71. The van der Waals surface area contributed by atoms with E-state index in [1.165, 1.54) is 0 Å². The lowest BCUT2D eigenvalue weighted by Crippen LogP contribution is -2.31. The van der Waals surface area contributed by atoms with Gasteiger partial charge in [0.25, 0.3) is 0 Å². The van der Waals surface area contributed by atoms with Crippen molar-refractivity contribution in [3.63, 3.8) is 0 Å². The summed E-state index contributed by atoms with van der Waals surface area (Å²) in [5, 5.41) is 14.4. The van der Waals surface area contributed by atoms with E-state index in [9.17, 15) is 9.00 Å². The van der Waals surface area contributed by atoms with Crippen molar-refractivity contribution in [1.82, 2.24) is 5.32 Å². The van der Waals surface area contributed by atoms with Crippen LogP contribution in [0.15, 0.2) is 24.3 Å². The molecule has 1 unspecified atom stereocenters. The first-order valence-electron chi connectivity index (χ1n) is 6.22. The Morgan fingerprint density at radius 3 is 2.45 bits per heavy atom. The lowest BCUT2D eigenvalue weighted by molar-refractivity contribution is 0.252. The molecule has 0 spiro atoms. The highest BCUT2D eigenvalue weighted by Crippen LogP contribution is 2.23. The quantitative estimate of drug-likeness (QED) is 0.871. The Morgan fingerprint density at radius 1 is 1.35 bits per heavy atom. The molecule has 0 aliphatic rings. The lowest BCUT2D eigenvalue weighted by Gasteiger charge is -2.16. The zero-order chi connectivity index (χ0) is 15.2. The molecule has 2 N–H and O–H groups in total. The van der Waals surface area contributed by atoms with Crippen LogP contribution in [-0.4, -0.2) is 28.8 Å². The molecule has 0 fully saturated rings. The average molecular weight is 293 g/mol. The van der Waals surface area contributed by atoms with Gasteiger partial charge < -0.3 is 10.6 Å². The van der Waals surface area contributed by atoms with Crippen LogP contribution in [0.5, 0.6) is 0 Å². The van der Waals surface area contributed by atoms with Gasteiger partial charge in [0.2, 0.25) is 0 Å². The summed E-state index contributed by atoms with van der Waals surface area (Å²) in [5.41, 5.74) is 0.997. The third kappa shape index (κ3) is 5.02. The number of urea groups is 1. The second-order valence-corrected chi connectivity index (χ2v) is 6.53. The van der Waals surface area contributed by atoms with Gasteiger partial charge in [0.1, 0.15) is 0 Å². The molecular weight excluding hydrogens is 274 g/mol. The predicted octanol–water partition coefficient (Wildman–Crippen LogP) is 1.99. The van der Waals surface area contributed by atoms with Gasteiger partial charge in [-0.1, -0.05) is 12.1 Å². The van der Waals surface area contributed by atoms with Crippen LogP contribution in [0.1, 0.15) is 19.4 Å². The van der Waals surface area contributed by atoms with Crippen LogP contribution in [0.3, 0.4) is 0 Å². The molecule has 0 saturated carbocycles. The van der Waals surface area contributed by atoms with Gasteiger partial charge in [0.05, 0.1) is 11.5 Å². The number of nitrogens with one attached hydrogen (secondary N) is 2. The van der Waals surface area contributed by atoms with E-state index in [-0.39, 0.29) is 6.03 Å². The molecule has 1 aromatic carbocycles. The Hall–Kier alpha value is -1.87. The van der Waals surface area contributed by atoms with Gasteiger partial charge in [-0.15, -0.1) is 0 Å². The molecule has 2 amide bonds. The fraction of sp³-hybridized carbons (Fsp3) is 0.429. The molecule has 0 aromatic heterocycles. The van der Waals surface area contributed by atoms with E-state index in [0.717, 1.165) is 5.56 Å². The lowest BCUT2D eigenvalue weighted by atomic mass is 9.86. The first-order chi connectivity index (χ1) is 9.35. The van der Waals surface area contributed by atoms with Crippen molar-refractivity contribution in [3.05, 3.63) is 29.8 Å². The molecule has 0 radical (unpaired) electrons. The number of amides is 2. The Labute approximate surface area is 121 Å². The maximum absolute atomic E-state index is 11.6. The van der Waals surface area contributed by atoms with Gasteiger partial charge in [0, 0.05) is 35.0 Å². The van der Waals surface area contributed by atoms with Crippen LogP contribution in [0.4, 0.5) is 10.5 Å². The zero-order valence-electron chi connectivity index (χ0n) is 11.9. The summed E-state index contributed by atoms with van der Waals surface area (Å²) in [5.74, 6) is 0.433. The molecule has 0 heterocycles. The van der Waals surface area contributed by atoms with E-state index in [0.29, 0.717) is 18.0 Å². The number of benzene rings is 1. The van der Waals surface area contributed by atoms with Crippen molar-refractivity contribution < 1.29 is 9.00 Å². The summed E-state index contributed by atoms with van der Waals surface area (Å²) in [6.07, 6.45) is 1.59. The molecule has 6 heteroatoms. The number of rotatable bonds is 5. The van der Waals surface area contributed by atoms with Gasteiger partial charge >= 0.3 is 6.03 Å². The summed E-state index contributed by atoms with van der Waals surface area (Å²) in [7, 11) is -0.916. The molecule has 0 aliphatic carbocycles. The third-order valence-electron chi connectivity index (χ3n) is 2.82. The summed E-state index contributed by atoms with van der Waals surface area (Å²) in [6, 6.07) is 9.05. The van der Waals surface area contributed by atoms with Crippen molar-refractivity contribution in [2.24, 2.45) is 0 Å². The number of carbonyl (C=O) groups is 1. The molecule has 0 bridgehead atoms. The number of hydrogen-bond donors (Lipinski definition) is 2. The SMILES string of the molecule is CS(=O)CCNC(=O)Nc1ccc(C(C)(C)C#N)cc1. The standard InChI is InChI=1S/C14H19N3O2S/c1-14(2,10-15)11-4-6-12(7-5-11)17-13(18)16-8-9-20(3)19/h4-7H,8-9H2,1-3H3,(H2,16,17,18). The zero-order valence-corrected chi connectivity index (χ0v) is 12.7. The summed E-state index contributed by atoms with van der Waals surface area (Å²) >= 11 is 0. The minimum absolute atomic E-state index is 0.331. The topological polar surface area (TPSA) is 82.0 Å². The van der Waals surface area contributed by atoms with Crippen molar-refractivity contribution in [3.8, 4) is 6.07 Å². The van der Waals surface area contributed by atoms with Gasteiger partial charge in [0.15, 0.2) is 0 Å². The normalized spacial score (nSPS) is 12.3. The Morgan fingerprint density at radius 2 is 1.95 bits per heavy atom. The Balaban J connectivity index is 2.56. The van der Waals surface area contributed by atoms with Crippen molar-refractivity contribution in [2.75, 3.05) is 23.9 Å². The monoisotopic (exact) mass is 293 g/mol.